The number of rotatable bonds is 5. The van der Waals surface area contributed by atoms with Gasteiger partial charge in [0, 0.05) is 32.4 Å². The van der Waals surface area contributed by atoms with Crippen molar-refractivity contribution in [3.63, 3.8) is 0 Å². The maximum Gasteiger partial charge on any atom is 0.246 e. The van der Waals surface area contributed by atoms with Crippen LogP contribution in [0.1, 0.15) is 11.1 Å². The molecule has 0 saturated heterocycles. The minimum atomic E-state index is -3.56. The van der Waals surface area contributed by atoms with Crippen molar-refractivity contribution < 1.29 is 8.42 Å². The lowest BCUT2D eigenvalue weighted by Gasteiger charge is -2.16. The van der Waals surface area contributed by atoms with E-state index in [1.807, 2.05) is 6.07 Å². The summed E-state index contributed by atoms with van der Waals surface area (Å²) in [5.74, 6) is 0. The molecule has 0 aliphatic rings. The molecule has 0 saturated carbocycles. The summed E-state index contributed by atoms with van der Waals surface area (Å²) >= 11 is 4.92. The molecule has 1 aromatic heterocycles. The molecule has 21 heavy (non-hydrogen) atoms. The lowest BCUT2D eigenvalue weighted by atomic mass is 10.1. The van der Waals surface area contributed by atoms with Crippen LogP contribution in [0.3, 0.4) is 0 Å². The monoisotopic (exact) mass is 324 g/mol. The fraction of sp³-hybridized carbons (Fsp3) is 0.231. The van der Waals surface area contributed by atoms with E-state index in [4.69, 9.17) is 18.0 Å². The van der Waals surface area contributed by atoms with Crippen molar-refractivity contribution in [2.45, 2.75) is 11.4 Å². The van der Waals surface area contributed by atoms with E-state index in [0.29, 0.717) is 0 Å². The highest BCUT2D eigenvalue weighted by atomic mass is 32.2. The molecule has 1 heterocycles. The van der Waals surface area contributed by atoms with Crippen LogP contribution in [0.5, 0.6) is 0 Å². The molecule has 2 N–H and O–H groups in total. The number of aryl methyl sites for hydroxylation is 1. The zero-order chi connectivity index (χ0) is 15.6. The smallest absolute Gasteiger partial charge is 0.246 e. The summed E-state index contributed by atoms with van der Waals surface area (Å²) in [7, 11) is -0.369. The van der Waals surface area contributed by atoms with Crippen LogP contribution in [0.15, 0.2) is 41.6 Å². The number of nitrogens with two attached hydrogens (primary N) is 1. The maximum absolute atomic E-state index is 12.4. The largest absolute Gasteiger partial charge is 0.389 e. The van der Waals surface area contributed by atoms with E-state index in [1.165, 1.54) is 28.4 Å². The molecule has 0 spiro atoms. The van der Waals surface area contributed by atoms with Crippen molar-refractivity contribution in [2.24, 2.45) is 12.8 Å². The van der Waals surface area contributed by atoms with E-state index < -0.39 is 10.0 Å². The number of hydrogen-bond acceptors (Lipinski definition) is 4. The lowest BCUT2D eigenvalue weighted by Crippen LogP contribution is -2.26. The second kappa shape index (κ2) is 5.92. The van der Waals surface area contributed by atoms with Gasteiger partial charge in [-0.2, -0.15) is 9.40 Å². The molecule has 2 aromatic rings. The predicted octanol–water partition coefficient (Wildman–Crippen LogP) is 0.875. The topological polar surface area (TPSA) is 81.2 Å². The van der Waals surface area contributed by atoms with Crippen molar-refractivity contribution >= 4 is 27.2 Å². The van der Waals surface area contributed by atoms with Crippen LogP contribution in [-0.4, -0.2) is 34.5 Å². The highest BCUT2D eigenvalue weighted by molar-refractivity contribution is 7.89. The van der Waals surface area contributed by atoms with Gasteiger partial charge in [-0.15, -0.1) is 0 Å². The van der Waals surface area contributed by atoms with Crippen LogP contribution in [-0.2, 0) is 23.6 Å². The van der Waals surface area contributed by atoms with Crippen molar-refractivity contribution in [2.75, 3.05) is 7.05 Å². The van der Waals surface area contributed by atoms with Gasteiger partial charge in [0.25, 0.3) is 0 Å². The van der Waals surface area contributed by atoms with Crippen molar-refractivity contribution in [1.29, 1.82) is 0 Å². The third-order valence-electron chi connectivity index (χ3n) is 3.01. The van der Waals surface area contributed by atoms with E-state index in [1.54, 1.807) is 25.2 Å². The van der Waals surface area contributed by atoms with Gasteiger partial charge in [-0.1, -0.05) is 30.4 Å². The summed E-state index contributed by atoms with van der Waals surface area (Å²) in [6.45, 7) is 0.230. The molecule has 1 aromatic carbocycles. The molecule has 0 atom stereocenters. The van der Waals surface area contributed by atoms with Gasteiger partial charge < -0.3 is 5.73 Å². The molecular formula is C13H16N4O2S2. The second-order valence-electron chi connectivity index (χ2n) is 4.68. The normalized spacial score (nSPS) is 11.8. The van der Waals surface area contributed by atoms with Crippen LogP contribution in [0, 0.1) is 0 Å². The van der Waals surface area contributed by atoms with Gasteiger partial charge in [0.15, 0.2) is 0 Å². The van der Waals surface area contributed by atoms with E-state index in [0.717, 1.165) is 11.1 Å². The van der Waals surface area contributed by atoms with Gasteiger partial charge in [-0.3, -0.25) is 4.68 Å². The molecule has 6 nitrogen and oxygen atoms in total. The van der Waals surface area contributed by atoms with Crippen LogP contribution in [0.25, 0.3) is 0 Å². The predicted molar refractivity (Wildman–Crippen MR) is 84.2 cm³/mol. The van der Waals surface area contributed by atoms with Gasteiger partial charge in [-0.05, 0) is 11.6 Å². The Bertz CT molecular complexity index is 768. The first-order chi connectivity index (χ1) is 9.80. The van der Waals surface area contributed by atoms with Crippen LogP contribution in [0.4, 0.5) is 0 Å². The zero-order valence-corrected chi connectivity index (χ0v) is 13.4. The summed E-state index contributed by atoms with van der Waals surface area (Å²) in [5.41, 5.74) is 7.11. The Morgan fingerprint density at radius 2 is 2.19 bits per heavy atom. The summed E-state index contributed by atoms with van der Waals surface area (Å²) in [5, 5.41) is 3.89. The van der Waals surface area contributed by atoms with Gasteiger partial charge >= 0.3 is 0 Å². The summed E-state index contributed by atoms with van der Waals surface area (Å²) in [6.07, 6.45) is 2.80. The van der Waals surface area contributed by atoms with Gasteiger partial charge in [0.2, 0.25) is 10.0 Å². The number of thiocarbonyl (C=S) groups is 1. The molecule has 8 heteroatoms. The van der Waals surface area contributed by atoms with Gasteiger partial charge in [0.1, 0.15) is 9.88 Å². The minimum Gasteiger partial charge on any atom is -0.389 e. The third kappa shape index (κ3) is 3.46. The average molecular weight is 324 g/mol. The Morgan fingerprint density at radius 1 is 1.48 bits per heavy atom. The van der Waals surface area contributed by atoms with Crippen LogP contribution in [0.2, 0.25) is 0 Å². The fourth-order valence-electron chi connectivity index (χ4n) is 1.88. The van der Waals surface area contributed by atoms with E-state index in [9.17, 15) is 8.42 Å². The van der Waals surface area contributed by atoms with E-state index in [2.05, 4.69) is 5.10 Å². The number of nitrogens with zero attached hydrogens (tertiary/aromatic N) is 3. The Balaban J connectivity index is 2.23. The zero-order valence-electron chi connectivity index (χ0n) is 11.7. The Hall–Kier alpha value is -1.77. The Kier molecular flexibility index (Phi) is 4.40. The lowest BCUT2D eigenvalue weighted by molar-refractivity contribution is 0.466. The molecule has 0 aliphatic carbocycles. The van der Waals surface area contributed by atoms with Gasteiger partial charge in [0.05, 0.1) is 6.20 Å². The first kappa shape index (κ1) is 15.6. The van der Waals surface area contributed by atoms with Crippen LogP contribution < -0.4 is 5.73 Å². The Labute approximate surface area is 129 Å². The fourth-order valence-corrected chi connectivity index (χ4v) is 3.15. The number of sulfonamides is 1. The first-order valence-electron chi connectivity index (χ1n) is 6.14. The van der Waals surface area contributed by atoms with E-state index in [-0.39, 0.29) is 16.4 Å². The van der Waals surface area contributed by atoms with Crippen molar-refractivity contribution in [3.05, 3.63) is 47.8 Å². The minimum absolute atomic E-state index is 0.165. The SMILES string of the molecule is CN(Cc1cccc(C(N)=S)c1)S(=O)(=O)c1cnn(C)c1. The summed E-state index contributed by atoms with van der Waals surface area (Å²) < 4.78 is 27.5. The molecule has 112 valence electrons. The number of benzene rings is 1. The molecule has 0 radical (unpaired) electrons. The Morgan fingerprint density at radius 3 is 2.76 bits per heavy atom. The third-order valence-corrected chi connectivity index (χ3v) is 5.00. The van der Waals surface area contributed by atoms with Crippen LogP contribution >= 0.6 is 12.2 Å². The van der Waals surface area contributed by atoms with Crippen molar-refractivity contribution in [1.82, 2.24) is 14.1 Å². The maximum atomic E-state index is 12.4. The molecule has 0 bridgehead atoms. The summed E-state index contributed by atoms with van der Waals surface area (Å²) in [6, 6.07) is 7.21. The first-order valence-corrected chi connectivity index (χ1v) is 7.99. The highest BCUT2D eigenvalue weighted by Crippen LogP contribution is 2.16. The quantitative estimate of drug-likeness (QED) is 0.826. The standard InChI is InChI=1S/C13H16N4O2S2/c1-16-9-12(7-15-16)21(18,19)17(2)8-10-4-3-5-11(6-10)13(14)20/h3-7,9H,8H2,1-2H3,(H2,14,20). The molecule has 0 amide bonds. The molecule has 0 aliphatic heterocycles. The average Bonchev–Trinajstić information content (AvgIpc) is 2.86. The molecule has 0 fully saturated rings. The van der Waals surface area contributed by atoms with E-state index >= 15 is 0 Å². The molecule has 2 rings (SSSR count). The second-order valence-corrected chi connectivity index (χ2v) is 7.16. The highest BCUT2D eigenvalue weighted by Gasteiger charge is 2.22. The molecular weight excluding hydrogens is 308 g/mol. The summed E-state index contributed by atoms with van der Waals surface area (Å²) in [4.78, 5) is 0.451. The van der Waals surface area contributed by atoms with Gasteiger partial charge in [-0.25, -0.2) is 8.42 Å². The number of hydrogen-bond donors (Lipinski definition) is 1. The molecule has 0 unspecified atom stereocenters. The van der Waals surface area contributed by atoms with Crippen molar-refractivity contribution in [3.8, 4) is 0 Å². The number of aromatic nitrogens is 2.